The lowest BCUT2D eigenvalue weighted by atomic mass is 10.2. The molecule has 0 saturated carbocycles. The van der Waals surface area contributed by atoms with E-state index in [0.29, 0.717) is 12.2 Å². The van der Waals surface area contributed by atoms with Gasteiger partial charge in [-0.15, -0.1) is 0 Å². The van der Waals surface area contributed by atoms with Crippen LogP contribution in [0.3, 0.4) is 0 Å². The normalized spacial score (nSPS) is 11.7. The van der Waals surface area contributed by atoms with Crippen molar-refractivity contribution in [1.82, 2.24) is 0 Å². The highest BCUT2D eigenvalue weighted by atomic mass is 16.5. The van der Waals surface area contributed by atoms with Crippen LogP contribution in [-0.4, -0.2) is 18.6 Å². The molecule has 2 aromatic carbocycles. The summed E-state index contributed by atoms with van der Waals surface area (Å²) in [6.07, 6.45) is 4.53. The van der Waals surface area contributed by atoms with Crippen LogP contribution in [-0.2, 0) is 0 Å². The van der Waals surface area contributed by atoms with Gasteiger partial charge in [-0.2, -0.15) is 0 Å². The predicted molar refractivity (Wildman–Crippen MR) is 106 cm³/mol. The Morgan fingerprint density at radius 3 is 2.23 bits per heavy atom. The molecule has 140 valence electrons. The zero-order valence-electron chi connectivity index (χ0n) is 16.0. The number of amides is 1. The zero-order chi connectivity index (χ0) is 18.8. The Hall–Kier alpha value is -2.49. The Kier molecular flexibility index (Phi) is 8.00. The van der Waals surface area contributed by atoms with Crippen molar-refractivity contribution in [2.75, 3.05) is 11.9 Å². The number of ether oxygens (including phenoxy) is 2. The molecule has 1 N–H and O–H groups in total. The van der Waals surface area contributed by atoms with Gasteiger partial charge in [-0.05, 0) is 68.3 Å². The molecule has 4 nitrogen and oxygen atoms in total. The van der Waals surface area contributed by atoms with Crippen LogP contribution in [0.2, 0.25) is 0 Å². The van der Waals surface area contributed by atoms with E-state index in [0.717, 1.165) is 30.0 Å². The van der Waals surface area contributed by atoms with Crippen molar-refractivity contribution in [3.63, 3.8) is 0 Å². The highest BCUT2D eigenvalue weighted by Crippen LogP contribution is 2.19. The maximum absolute atomic E-state index is 12.4. The van der Waals surface area contributed by atoms with Crippen molar-refractivity contribution in [1.29, 1.82) is 0 Å². The Bertz CT molecular complexity index is 665. The SMILES string of the molecule is CCCCCOc1ccc(C(=O)Nc2ccc(OC(C)CC)cc2)cc1. The van der Waals surface area contributed by atoms with Crippen molar-refractivity contribution in [3.05, 3.63) is 54.1 Å². The van der Waals surface area contributed by atoms with Crippen molar-refractivity contribution < 1.29 is 14.3 Å². The summed E-state index contributed by atoms with van der Waals surface area (Å²) in [6, 6.07) is 14.7. The molecule has 0 spiro atoms. The second kappa shape index (κ2) is 10.5. The molecule has 0 aromatic heterocycles. The van der Waals surface area contributed by atoms with E-state index in [4.69, 9.17) is 9.47 Å². The number of hydrogen-bond acceptors (Lipinski definition) is 3. The van der Waals surface area contributed by atoms with Crippen LogP contribution in [0.5, 0.6) is 11.5 Å². The van der Waals surface area contributed by atoms with Crippen molar-refractivity contribution >= 4 is 11.6 Å². The molecule has 0 radical (unpaired) electrons. The van der Waals surface area contributed by atoms with Gasteiger partial charge in [0.1, 0.15) is 11.5 Å². The predicted octanol–water partition coefficient (Wildman–Crippen LogP) is 5.69. The minimum Gasteiger partial charge on any atom is -0.494 e. The summed E-state index contributed by atoms with van der Waals surface area (Å²) in [5, 5.41) is 2.90. The van der Waals surface area contributed by atoms with E-state index in [1.807, 2.05) is 43.3 Å². The highest BCUT2D eigenvalue weighted by molar-refractivity contribution is 6.04. The highest BCUT2D eigenvalue weighted by Gasteiger charge is 2.07. The number of carbonyl (C=O) groups excluding carboxylic acids is 1. The van der Waals surface area contributed by atoms with Crippen molar-refractivity contribution in [2.45, 2.75) is 52.6 Å². The first-order chi connectivity index (χ1) is 12.6. The lowest BCUT2D eigenvalue weighted by Crippen LogP contribution is -2.12. The molecule has 1 unspecified atom stereocenters. The first kappa shape index (κ1) is 19.8. The van der Waals surface area contributed by atoms with Gasteiger partial charge in [0, 0.05) is 11.3 Å². The first-order valence-electron chi connectivity index (χ1n) is 9.43. The van der Waals surface area contributed by atoms with Gasteiger partial charge in [0.15, 0.2) is 0 Å². The maximum Gasteiger partial charge on any atom is 0.255 e. The lowest BCUT2D eigenvalue weighted by Gasteiger charge is -2.13. The van der Waals surface area contributed by atoms with Crippen LogP contribution in [0, 0.1) is 0 Å². The second-order valence-corrected chi connectivity index (χ2v) is 6.40. The molecule has 0 bridgehead atoms. The number of benzene rings is 2. The number of unbranched alkanes of at least 4 members (excludes halogenated alkanes) is 2. The smallest absolute Gasteiger partial charge is 0.255 e. The van der Waals surface area contributed by atoms with E-state index in [2.05, 4.69) is 19.2 Å². The second-order valence-electron chi connectivity index (χ2n) is 6.40. The first-order valence-corrected chi connectivity index (χ1v) is 9.43. The quantitative estimate of drug-likeness (QED) is 0.557. The summed E-state index contributed by atoms with van der Waals surface area (Å²) in [6.45, 7) is 7.00. The number of nitrogens with one attached hydrogen (secondary N) is 1. The molecule has 0 aliphatic heterocycles. The van der Waals surface area contributed by atoms with Gasteiger partial charge in [0.2, 0.25) is 0 Å². The number of rotatable bonds is 10. The number of anilines is 1. The van der Waals surface area contributed by atoms with Crippen molar-refractivity contribution in [3.8, 4) is 11.5 Å². The van der Waals surface area contributed by atoms with Crippen molar-refractivity contribution in [2.24, 2.45) is 0 Å². The average molecular weight is 355 g/mol. The molecule has 0 aliphatic carbocycles. The monoisotopic (exact) mass is 355 g/mol. The summed E-state index contributed by atoms with van der Waals surface area (Å²) >= 11 is 0. The Labute approximate surface area is 156 Å². The molecule has 0 saturated heterocycles. The fourth-order valence-corrected chi connectivity index (χ4v) is 2.38. The standard InChI is InChI=1S/C22H29NO3/c1-4-6-7-16-25-20-12-8-18(9-13-20)22(24)23-19-10-14-21(15-11-19)26-17(3)5-2/h8-15,17H,4-7,16H2,1-3H3,(H,23,24). The zero-order valence-corrected chi connectivity index (χ0v) is 16.0. The molecular formula is C22H29NO3. The molecule has 1 amide bonds. The Balaban J connectivity index is 1.87. The summed E-state index contributed by atoms with van der Waals surface area (Å²) in [5.41, 5.74) is 1.34. The molecule has 0 heterocycles. The molecule has 2 rings (SSSR count). The Morgan fingerprint density at radius 2 is 1.62 bits per heavy atom. The van der Waals surface area contributed by atoms with Crippen LogP contribution in [0.4, 0.5) is 5.69 Å². The van der Waals surface area contributed by atoms with E-state index < -0.39 is 0 Å². The fraction of sp³-hybridized carbons (Fsp3) is 0.409. The van der Waals surface area contributed by atoms with E-state index >= 15 is 0 Å². The van der Waals surface area contributed by atoms with E-state index in [1.54, 1.807) is 12.1 Å². The van der Waals surface area contributed by atoms with Gasteiger partial charge < -0.3 is 14.8 Å². The lowest BCUT2D eigenvalue weighted by molar-refractivity contribution is 0.102. The summed E-state index contributed by atoms with van der Waals surface area (Å²) in [5.74, 6) is 1.46. The fourth-order valence-electron chi connectivity index (χ4n) is 2.38. The van der Waals surface area contributed by atoms with E-state index in [1.165, 1.54) is 12.8 Å². The number of hydrogen-bond donors (Lipinski definition) is 1. The molecular weight excluding hydrogens is 326 g/mol. The summed E-state index contributed by atoms with van der Waals surface area (Å²) in [4.78, 5) is 12.4. The topological polar surface area (TPSA) is 47.6 Å². The largest absolute Gasteiger partial charge is 0.494 e. The maximum atomic E-state index is 12.4. The van der Waals surface area contributed by atoms with Gasteiger partial charge in [-0.1, -0.05) is 26.7 Å². The van der Waals surface area contributed by atoms with Crippen LogP contribution < -0.4 is 14.8 Å². The Morgan fingerprint density at radius 1 is 0.962 bits per heavy atom. The van der Waals surface area contributed by atoms with E-state index in [9.17, 15) is 4.79 Å². The van der Waals surface area contributed by atoms with Gasteiger partial charge >= 0.3 is 0 Å². The third-order valence-electron chi connectivity index (χ3n) is 4.16. The van der Waals surface area contributed by atoms with Gasteiger partial charge in [0.25, 0.3) is 5.91 Å². The third kappa shape index (κ3) is 6.43. The number of carbonyl (C=O) groups is 1. The van der Waals surface area contributed by atoms with Gasteiger partial charge in [-0.3, -0.25) is 4.79 Å². The summed E-state index contributed by atoms with van der Waals surface area (Å²) in [7, 11) is 0. The molecule has 4 heteroatoms. The molecule has 1 atom stereocenters. The minimum absolute atomic E-state index is 0.141. The van der Waals surface area contributed by atoms with Gasteiger partial charge in [-0.25, -0.2) is 0 Å². The summed E-state index contributed by atoms with van der Waals surface area (Å²) < 4.78 is 11.4. The average Bonchev–Trinajstić information content (AvgIpc) is 2.67. The molecule has 26 heavy (non-hydrogen) atoms. The van der Waals surface area contributed by atoms with Crippen LogP contribution in [0.15, 0.2) is 48.5 Å². The van der Waals surface area contributed by atoms with Crippen LogP contribution in [0.25, 0.3) is 0 Å². The van der Waals surface area contributed by atoms with Crippen LogP contribution >= 0.6 is 0 Å². The van der Waals surface area contributed by atoms with Crippen LogP contribution in [0.1, 0.15) is 56.8 Å². The molecule has 0 fully saturated rings. The molecule has 2 aromatic rings. The minimum atomic E-state index is -0.141. The van der Waals surface area contributed by atoms with Gasteiger partial charge in [0.05, 0.1) is 12.7 Å². The molecule has 0 aliphatic rings. The van der Waals surface area contributed by atoms with E-state index in [-0.39, 0.29) is 12.0 Å². The third-order valence-corrected chi connectivity index (χ3v) is 4.16.